The summed E-state index contributed by atoms with van der Waals surface area (Å²) in [6.07, 6.45) is 3.60. The van der Waals surface area contributed by atoms with Crippen LogP contribution in [0.2, 0.25) is 0 Å². The van der Waals surface area contributed by atoms with Gasteiger partial charge in [-0.3, -0.25) is 14.4 Å². The van der Waals surface area contributed by atoms with Crippen LogP contribution >= 0.6 is 0 Å². The van der Waals surface area contributed by atoms with Crippen molar-refractivity contribution in [2.24, 2.45) is 0 Å². The van der Waals surface area contributed by atoms with Gasteiger partial charge in [-0.1, -0.05) is 102 Å². The smallest absolute Gasteiger partial charge is 0.295 e. The molecule has 0 bridgehead atoms. The predicted octanol–water partition coefficient (Wildman–Crippen LogP) is 10.5. The molecule has 26 heteroatoms. The summed E-state index contributed by atoms with van der Waals surface area (Å²) in [5, 5.41) is 0. The molecule has 0 aliphatic rings. The van der Waals surface area contributed by atoms with Gasteiger partial charge >= 0.3 is 0 Å². The molecule has 0 aromatic heterocycles. The molecule has 0 aliphatic carbocycles. The molecule has 0 radical (unpaired) electrons. The number of nitrogens with two attached hydrogens (primary N) is 1. The van der Waals surface area contributed by atoms with Crippen molar-refractivity contribution in [2.75, 3.05) is 167 Å². The number of carbonyl (C=O) groups is 3. The zero-order valence-corrected chi connectivity index (χ0v) is 68.7. The second kappa shape index (κ2) is 48.3. The van der Waals surface area contributed by atoms with Crippen molar-refractivity contribution < 1.29 is 72.8 Å². The predicted molar refractivity (Wildman–Crippen MR) is 422 cm³/mol. The van der Waals surface area contributed by atoms with Crippen LogP contribution in [0.1, 0.15) is 103 Å². The maximum Gasteiger partial charge on any atom is 0.295 e. The van der Waals surface area contributed by atoms with Crippen LogP contribution < -0.4 is 19.9 Å². The van der Waals surface area contributed by atoms with Crippen LogP contribution in [0, 0.1) is 41.5 Å². The Balaban J connectivity index is 0.000000386. The van der Waals surface area contributed by atoms with Crippen molar-refractivity contribution in [3.63, 3.8) is 0 Å². The molecule has 0 atom stereocenters. The van der Waals surface area contributed by atoms with Crippen LogP contribution in [-0.2, 0) is 95.5 Å². The zero-order valence-electron chi connectivity index (χ0n) is 66.3. The monoisotopic (exact) mass is 1530 g/mol. The fourth-order valence-corrected chi connectivity index (χ4v) is 16.5. The number of aryl methyl sites for hydroxylation is 6. The Morgan fingerprint density at radius 2 is 0.670 bits per heavy atom. The van der Waals surface area contributed by atoms with Crippen LogP contribution in [0.3, 0.4) is 0 Å². The van der Waals surface area contributed by atoms with Crippen LogP contribution in [0.4, 0.5) is 5.69 Å². The van der Waals surface area contributed by atoms with E-state index in [0.717, 1.165) is 95.0 Å². The molecule has 0 saturated heterocycles. The van der Waals surface area contributed by atoms with Crippen molar-refractivity contribution in [2.45, 2.75) is 130 Å². The van der Waals surface area contributed by atoms with Crippen LogP contribution in [0.15, 0.2) is 124 Å². The van der Waals surface area contributed by atoms with Gasteiger partial charge in [0.15, 0.2) is 18.4 Å². The molecule has 0 saturated carbocycles. The fraction of sp³-hybridized carbons (Fsp3) is 0.512. The lowest BCUT2D eigenvalue weighted by Crippen LogP contribution is -2.31. The first-order valence-electron chi connectivity index (χ1n) is 36.2. The Kier molecular flexibility index (Phi) is 42.4. The minimum absolute atomic E-state index is 0.0294. The number of carbonyl (C=O) groups excluding carboxylic acids is 3. The van der Waals surface area contributed by atoms with Gasteiger partial charge in [-0.25, -0.2) is 25.3 Å². The van der Waals surface area contributed by atoms with Crippen LogP contribution in [0.5, 0.6) is 17.2 Å². The second-order valence-electron chi connectivity index (χ2n) is 25.8. The van der Waals surface area contributed by atoms with E-state index in [1.165, 1.54) is 57.9 Å². The Hall–Kier alpha value is -7.18. The Morgan fingerprint density at radius 1 is 0.396 bits per heavy atom. The van der Waals surface area contributed by atoms with Gasteiger partial charge in [0, 0.05) is 78.9 Å². The number of nitrogens with zero attached hydrogens (tertiary/aromatic N) is 6. The third kappa shape index (κ3) is 31.2. The number of sulfonamides is 3. The number of likely N-dealkylation sites (N-methyl/N-ethyl adjacent to an activating group) is 6. The molecule has 2 N–H and O–H groups in total. The van der Waals surface area contributed by atoms with E-state index in [0.29, 0.717) is 63.5 Å². The Labute approximate surface area is 634 Å². The van der Waals surface area contributed by atoms with Gasteiger partial charge in [0.05, 0.1) is 55.8 Å². The van der Waals surface area contributed by atoms with Crippen molar-refractivity contribution in [3.8, 4) is 17.2 Å². The number of Topliss-reactive ketones (excluding diaryl/α,β-unsaturated/α-hetero) is 2. The van der Waals surface area contributed by atoms with E-state index in [4.69, 9.17) is 34.2 Å². The van der Waals surface area contributed by atoms with Gasteiger partial charge in [0.25, 0.3) is 6.47 Å². The molecule has 0 aliphatic heterocycles. The summed E-state index contributed by atoms with van der Waals surface area (Å²) >= 11 is 0. The normalized spacial score (nSPS) is 11.7. The summed E-state index contributed by atoms with van der Waals surface area (Å²) in [6.45, 7) is 33.8. The maximum atomic E-state index is 13.1. The Morgan fingerprint density at radius 3 is 0.943 bits per heavy atom. The first-order valence-corrected chi connectivity index (χ1v) is 40.5. The number of anilines is 1. The highest BCUT2D eigenvalue weighted by Crippen LogP contribution is 2.31. The number of ketones is 2. The molecule has 0 spiro atoms. The largest absolute Gasteiger partial charge is 0.497 e. The SMILES string of the molecule is CCN(CC)CCc1cccc(CC(=O)COCCN(C)S(=O)(=O)c2c(C)cc(OC)cc2C)c1.CCN(CC)CCc1cccc(CC(=O)COCCN(C)S(=O)(=O)c2c(C)cc(OC)cc2C)c1.CCN(CC)CCc1cccc(N)c1.COc1cc(C)c(S(=O)(=O)N(C)CCOCOC=O)c(C)c1. The molecule has 0 heterocycles. The summed E-state index contributed by atoms with van der Waals surface area (Å²) in [4.78, 5) is 42.8. The number of rotatable bonds is 44. The van der Waals surface area contributed by atoms with E-state index in [-0.39, 0.29) is 92.2 Å². The maximum absolute atomic E-state index is 13.1. The number of hydrogen-bond acceptors (Lipinski definition) is 20. The van der Waals surface area contributed by atoms with Crippen LogP contribution in [-0.4, -0.2) is 232 Å². The average Bonchev–Trinajstić information content (AvgIpc) is 0.798. The van der Waals surface area contributed by atoms with Crippen molar-refractivity contribution in [1.29, 1.82) is 0 Å². The summed E-state index contributed by atoms with van der Waals surface area (Å²) in [5.41, 5.74) is 16.1. The number of benzene rings is 6. The van der Waals surface area contributed by atoms with Crippen molar-refractivity contribution >= 4 is 53.8 Å². The lowest BCUT2D eigenvalue weighted by molar-refractivity contribution is -0.140. The fourth-order valence-electron chi connectivity index (χ4n) is 11.8. The van der Waals surface area contributed by atoms with Gasteiger partial charge in [0.2, 0.25) is 30.1 Å². The van der Waals surface area contributed by atoms with Gasteiger partial charge in [-0.05, 0) is 210 Å². The standard InChI is InChI=1S/2C27H40N2O5S.C14H21NO6S.C12H20N2/c2*1-7-29(8-2)13-12-23-10-9-11-24(18-23)19-25(30)20-34-15-14-28(5)35(31,32)27-21(3)16-26(33-6)17-22(27)4;1-11-7-13(19-4)8-12(2)14(11)22(17,18)15(3)5-6-20-10-21-9-16;1-3-14(4-2)9-8-11-6-5-7-12(13)10-11/h2*9-11,16-18H,7-8,12-15,19-20H2,1-6H3;7-9H,5-6,10H2,1-4H3;5-7,10H,3-4,8-9,13H2,1-2H3. The third-order valence-corrected chi connectivity index (χ3v) is 24.5. The van der Waals surface area contributed by atoms with E-state index in [1.54, 1.807) is 92.2 Å². The minimum atomic E-state index is -3.69. The van der Waals surface area contributed by atoms with Crippen molar-refractivity contribution in [1.82, 2.24) is 27.6 Å². The van der Waals surface area contributed by atoms with Crippen molar-refractivity contribution in [3.05, 3.63) is 170 Å². The highest BCUT2D eigenvalue weighted by Gasteiger charge is 2.28. The number of methoxy groups -OCH3 is 3. The highest BCUT2D eigenvalue weighted by atomic mass is 32.2. The number of hydrogen-bond donors (Lipinski definition) is 1. The zero-order chi connectivity index (χ0) is 79.2. The summed E-state index contributed by atoms with van der Waals surface area (Å²) in [7, 11) is -1.84. The molecule has 6 aromatic carbocycles. The molecular weight excluding hydrogens is 1410 g/mol. The Bertz CT molecular complexity index is 3770. The van der Waals surface area contributed by atoms with Gasteiger partial charge < -0.3 is 53.6 Å². The molecule has 0 amide bonds. The van der Waals surface area contributed by atoms with E-state index >= 15 is 0 Å². The van der Waals surface area contributed by atoms with E-state index in [1.807, 2.05) is 36.4 Å². The molecular formula is C80H121N7O16S3. The number of nitrogen functional groups attached to an aromatic ring is 1. The van der Waals surface area contributed by atoms with Gasteiger partial charge in [-0.15, -0.1) is 0 Å². The molecule has 106 heavy (non-hydrogen) atoms. The highest BCUT2D eigenvalue weighted by molar-refractivity contribution is 7.89. The third-order valence-electron chi connectivity index (χ3n) is 18.0. The lowest BCUT2D eigenvalue weighted by Gasteiger charge is -2.20. The van der Waals surface area contributed by atoms with E-state index in [2.05, 4.69) is 97.4 Å². The van der Waals surface area contributed by atoms with E-state index < -0.39 is 30.1 Å². The van der Waals surface area contributed by atoms with Crippen LogP contribution in [0.25, 0.3) is 0 Å². The van der Waals surface area contributed by atoms with Gasteiger partial charge in [0.1, 0.15) is 30.5 Å². The summed E-state index contributed by atoms with van der Waals surface area (Å²) < 4.78 is 117. The first kappa shape index (κ1) is 93.0. The summed E-state index contributed by atoms with van der Waals surface area (Å²) in [6, 6.07) is 34.6. The molecule has 6 rings (SSSR count). The quantitative estimate of drug-likeness (QED) is 0.0161. The van der Waals surface area contributed by atoms with E-state index in [9.17, 15) is 39.6 Å². The summed E-state index contributed by atoms with van der Waals surface area (Å²) in [5.74, 6) is 1.80. The average molecular weight is 1530 g/mol. The van der Waals surface area contributed by atoms with Gasteiger partial charge in [-0.2, -0.15) is 12.9 Å². The molecule has 590 valence electrons. The minimum Gasteiger partial charge on any atom is -0.497 e. The lowest BCUT2D eigenvalue weighted by atomic mass is 10.0. The molecule has 6 aromatic rings. The topological polar surface area (TPSA) is 264 Å². The first-order chi connectivity index (χ1) is 50.3. The molecule has 0 fully saturated rings. The second-order valence-corrected chi connectivity index (χ2v) is 31.7. The molecule has 0 unspecified atom stereocenters. The number of ether oxygens (including phenoxy) is 7. The molecule has 23 nitrogen and oxygen atoms in total.